The van der Waals surface area contributed by atoms with E-state index in [1.165, 1.54) is 4.52 Å². The highest BCUT2D eigenvalue weighted by Crippen LogP contribution is 2.18. The molecule has 6 nitrogen and oxygen atoms in total. The molecule has 0 amide bonds. The van der Waals surface area contributed by atoms with Crippen molar-refractivity contribution in [1.82, 2.24) is 14.6 Å². The van der Waals surface area contributed by atoms with Gasteiger partial charge >= 0.3 is 5.97 Å². The topological polar surface area (TPSA) is 68.5 Å². The van der Waals surface area contributed by atoms with Crippen LogP contribution in [0.2, 0.25) is 0 Å². The average molecular weight is 220 g/mol. The minimum absolute atomic E-state index is 0.326. The Morgan fingerprint density at radius 1 is 1.62 bits per heavy atom. The summed E-state index contributed by atoms with van der Waals surface area (Å²) in [5, 5.41) is 7.03. The van der Waals surface area contributed by atoms with Crippen molar-refractivity contribution >= 4 is 17.4 Å². The van der Waals surface area contributed by atoms with Crippen LogP contribution in [0.1, 0.15) is 17.3 Å². The van der Waals surface area contributed by atoms with E-state index in [0.29, 0.717) is 23.6 Å². The maximum Gasteiger partial charge on any atom is 0.345 e. The van der Waals surface area contributed by atoms with Gasteiger partial charge in [0, 0.05) is 19.4 Å². The standard InChI is InChI=1S/C10H12N4O2/c1-3-16-10(15)7-8(11-2)13-14-6-4-5-12-9(7)14/h4-6H,3H2,1-2H3,(H,11,13). The third kappa shape index (κ3) is 1.58. The molecule has 2 aromatic heterocycles. The summed E-state index contributed by atoms with van der Waals surface area (Å²) in [6.07, 6.45) is 3.34. The highest BCUT2D eigenvalue weighted by atomic mass is 16.5. The van der Waals surface area contributed by atoms with Gasteiger partial charge in [0.25, 0.3) is 0 Å². The average Bonchev–Trinajstić information content (AvgIpc) is 2.67. The van der Waals surface area contributed by atoms with Gasteiger partial charge in [0.15, 0.2) is 11.5 Å². The largest absolute Gasteiger partial charge is 0.462 e. The van der Waals surface area contributed by atoms with Gasteiger partial charge in [-0.3, -0.25) is 0 Å². The number of carbonyl (C=O) groups is 1. The molecular formula is C10H12N4O2. The smallest absolute Gasteiger partial charge is 0.345 e. The molecule has 0 radical (unpaired) electrons. The maximum atomic E-state index is 11.7. The summed E-state index contributed by atoms with van der Waals surface area (Å²) < 4.78 is 6.50. The van der Waals surface area contributed by atoms with Crippen molar-refractivity contribution in [2.75, 3.05) is 19.0 Å². The number of rotatable bonds is 3. The number of nitrogens with one attached hydrogen (secondary N) is 1. The predicted octanol–water partition coefficient (Wildman–Crippen LogP) is 0.948. The van der Waals surface area contributed by atoms with E-state index in [0.717, 1.165) is 0 Å². The van der Waals surface area contributed by atoms with Crippen molar-refractivity contribution in [1.29, 1.82) is 0 Å². The van der Waals surface area contributed by atoms with Crippen LogP contribution in [0.4, 0.5) is 5.82 Å². The first-order chi connectivity index (χ1) is 7.77. The van der Waals surface area contributed by atoms with E-state index >= 15 is 0 Å². The second kappa shape index (κ2) is 4.18. The van der Waals surface area contributed by atoms with Gasteiger partial charge in [-0.1, -0.05) is 0 Å². The van der Waals surface area contributed by atoms with Crippen molar-refractivity contribution in [3.63, 3.8) is 0 Å². The molecule has 0 aromatic carbocycles. The second-order valence-corrected chi connectivity index (χ2v) is 3.08. The lowest BCUT2D eigenvalue weighted by atomic mass is 10.3. The Morgan fingerprint density at radius 3 is 3.12 bits per heavy atom. The number of ether oxygens (including phenoxy) is 1. The van der Waals surface area contributed by atoms with Crippen LogP contribution in [0, 0.1) is 0 Å². The summed E-state index contributed by atoms with van der Waals surface area (Å²) in [6.45, 7) is 2.09. The molecule has 0 saturated heterocycles. The normalized spacial score (nSPS) is 10.4. The van der Waals surface area contributed by atoms with E-state index in [9.17, 15) is 4.79 Å². The summed E-state index contributed by atoms with van der Waals surface area (Å²) in [5.41, 5.74) is 0.857. The van der Waals surface area contributed by atoms with E-state index in [1.807, 2.05) is 0 Å². The summed E-state index contributed by atoms with van der Waals surface area (Å²) in [7, 11) is 1.70. The van der Waals surface area contributed by atoms with Gasteiger partial charge < -0.3 is 10.1 Å². The Bertz CT molecular complexity index is 521. The number of hydrogen-bond acceptors (Lipinski definition) is 5. The lowest BCUT2D eigenvalue weighted by molar-refractivity contribution is 0.0529. The highest BCUT2D eigenvalue weighted by Gasteiger charge is 2.20. The van der Waals surface area contributed by atoms with Crippen LogP contribution in [-0.2, 0) is 4.74 Å². The minimum Gasteiger partial charge on any atom is -0.462 e. The molecule has 0 unspecified atom stereocenters. The number of fused-ring (bicyclic) bond motifs is 1. The molecule has 0 bridgehead atoms. The van der Waals surface area contributed by atoms with Crippen molar-refractivity contribution in [3.8, 4) is 0 Å². The van der Waals surface area contributed by atoms with Gasteiger partial charge in [-0.15, -0.1) is 5.10 Å². The van der Waals surface area contributed by atoms with Crippen molar-refractivity contribution in [3.05, 3.63) is 24.0 Å². The summed E-state index contributed by atoms with van der Waals surface area (Å²) in [4.78, 5) is 15.9. The van der Waals surface area contributed by atoms with Crippen LogP contribution in [0.15, 0.2) is 18.5 Å². The molecule has 6 heteroatoms. The number of aromatic nitrogens is 3. The zero-order chi connectivity index (χ0) is 11.5. The molecule has 0 aliphatic heterocycles. The maximum absolute atomic E-state index is 11.7. The van der Waals surface area contributed by atoms with E-state index in [2.05, 4.69) is 15.4 Å². The van der Waals surface area contributed by atoms with Crippen LogP contribution in [0.25, 0.3) is 5.65 Å². The van der Waals surface area contributed by atoms with Crippen LogP contribution < -0.4 is 5.32 Å². The summed E-state index contributed by atoms with van der Waals surface area (Å²) in [6, 6.07) is 1.74. The molecule has 84 valence electrons. The minimum atomic E-state index is -0.416. The zero-order valence-corrected chi connectivity index (χ0v) is 9.10. The number of hydrogen-bond donors (Lipinski definition) is 1. The first kappa shape index (κ1) is 10.4. The molecule has 0 aliphatic carbocycles. The number of nitrogens with zero attached hydrogens (tertiary/aromatic N) is 3. The molecule has 2 rings (SSSR count). The first-order valence-electron chi connectivity index (χ1n) is 4.96. The van der Waals surface area contributed by atoms with E-state index < -0.39 is 5.97 Å². The van der Waals surface area contributed by atoms with Crippen LogP contribution in [0.5, 0.6) is 0 Å². The quantitative estimate of drug-likeness (QED) is 0.780. The van der Waals surface area contributed by atoms with Crippen molar-refractivity contribution in [2.24, 2.45) is 0 Å². The van der Waals surface area contributed by atoms with Crippen LogP contribution in [-0.4, -0.2) is 34.2 Å². The Morgan fingerprint density at radius 2 is 2.44 bits per heavy atom. The molecule has 0 saturated carbocycles. The lowest BCUT2D eigenvalue weighted by Gasteiger charge is -2.01. The molecule has 1 N–H and O–H groups in total. The highest BCUT2D eigenvalue weighted by molar-refractivity contribution is 6.01. The second-order valence-electron chi connectivity index (χ2n) is 3.08. The fourth-order valence-corrected chi connectivity index (χ4v) is 1.45. The van der Waals surface area contributed by atoms with Crippen LogP contribution in [0.3, 0.4) is 0 Å². The molecule has 0 spiro atoms. The number of carbonyl (C=O) groups excluding carboxylic acids is 1. The SMILES string of the molecule is CCOC(=O)c1c(NC)nn2cccnc12. The number of esters is 1. The predicted molar refractivity (Wildman–Crippen MR) is 58.5 cm³/mol. The monoisotopic (exact) mass is 220 g/mol. The molecule has 0 fully saturated rings. The van der Waals surface area contributed by atoms with Gasteiger partial charge in [-0.2, -0.15) is 0 Å². The number of anilines is 1. The van der Waals surface area contributed by atoms with Gasteiger partial charge in [0.05, 0.1) is 6.61 Å². The third-order valence-electron chi connectivity index (χ3n) is 2.11. The van der Waals surface area contributed by atoms with Gasteiger partial charge in [-0.05, 0) is 13.0 Å². The van der Waals surface area contributed by atoms with Gasteiger partial charge in [0.1, 0.15) is 5.56 Å². The molecule has 0 atom stereocenters. The fourth-order valence-electron chi connectivity index (χ4n) is 1.45. The zero-order valence-electron chi connectivity index (χ0n) is 9.10. The third-order valence-corrected chi connectivity index (χ3v) is 2.11. The Labute approximate surface area is 92.2 Å². The van der Waals surface area contributed by atoms with E-state index in [1.54, 1.807) is 32.4 Å². The first-order valence-corrected chi connectivity index (χ1v) is 4.96. The van der Waals surface area contributed by atoms with Crippen molar-refractivity contribution in [2.45, 2.75) is 6.92 Å². The van der Waals surface area contributed by atoms with Gasteiger partial charge in [0.2, 0.25) is 0 Å². The van der Waals surface area contributed by atoms with Crippen molar-refractivity contribution < 1.29 is 9.53 Å². The van der Waals surface area contributed by atoms with Gasteiger partial charge in [-0.25, -0.2) is 14.3 Å². The Balaban J connectivity index is 2.60. The summed E-state index contributed by atoms with van der Waals surface area (Å²) in [5.74, 6) is 0.0534. The molecular weight excluding hydrogens is 208 g/mol. The summed E-state index contributed by atoms with van der Waals surface area (Å²) >= 11 is 0. The van der Waals surface area contributed by atoms with Crippen LogP contribution >= 0.6 is 0 Å². The van der Waals surface area contributed by atoms with E-state index in [4.69, 9.17) is 4.74 Å². The lowest BCUT2D eigenvalue weighted by Crippen LogP contribution is -2.07. The Kier molecular flexibility index (Phi) is 2.72. The fraction of sp³-hybridized carbons (Fsp3) is 0.300. The Hall–Kier alpha value is -2.11. The van der Waals surface area contributed by atoms with E-state index in [-0.39, 0.29) is 0 Å². The molecule has 2 heterocycles. The molecule has 2 aromatic rings. The molecule has 0 aliphatic rings. The molecule has 16 heavy (non-hydrogen) atoms.